The minimum Gasteiger partial charge on any atom is -0.481 e. The third kappa shape index (κ3) is 4.31. The lowest BCUT2D eigenvalue weighted by Crippen LogP contribution is -2.39. The Morgan fingerprint density at radius 2 is 1.61 bits per heavy atom. The van der Waals surface area contributed by atoms with Gasteiger partial charge in [0.2, 0.25) is 0 Å². The van der Waals surface area contributed by atoms with Crippen molar-refractivity contribution in [2.75, 3.05) is 0 Å². The zero-order valence-electron chi connectivity index (χ0n) is 11.7. The van der Waals surface area contributed by atoms with Crippen LogP contribution >= 0.6 is 0 Å². The molecule has 1 unspecified atom stereocenters. The van der Waals surface area contributed by atoms with E-state index in [-0.39, 0.29) is 12.3 Å². The number of carboxylic acids is 2. The van der Waals surface area contributed by atoms with Gasteiger partial charge in [-0.3, -0.25) is 9.59 Å². The van der Waals surface area contributed by atoms with E-state index in [0.717, 1.165) is 19.3 Å². The van der Waals surface area contributed by atoms with E-state index in [2.05, 4.69) is 6.92 Å². The third-order valence-electron chi connectivity index (χ3n) is 4.05. The minimum absolute atomic E-state index is 0.0440. The number of carboxylic acid groups (broad SMARTS) is 2. The summed E-state index contributed by atoms with van der Waals surface area (Å²) in [4.78, 5) is 22.5. The van der Waals surface area contributed by atoms with Gasteiger partial charge in [-0.15, -0.1) is 0 Å². The van der Waals surface area contributed by atoms with Crippen molar-refractivity contribution in [1.29, 1.82) is 0 Å². The molecule has 0 aromatic carbocycles. The first-order valence-corrected chi connectivity index (χ1v) is 6.89. The van der Waals surface area contributed by atoms with Gasteiger partial charge in [0.15, 0.2) is 0 Å². The molecule has 0 spiro atoms. The van der Waals surface area contributed by atoms with Gasteiger partial charge >= 0.3 is 11.9 Å². The summed E-state index contributed by atoms with van der Waals surface area (Å²) in [7, 11) is 0. The van der Waals surface area contributed by atoms with Gasteiger partial charge in [-0.2, -0.15) is 0 Å². The van der Waals surface area contributed by atoms with E-state index in [1.54, 1.807) is 0 Å². The van der Waals surface area contributed by atoms with Crippen LogP contribution < -0.4 is 0 Å². The average Bonchev–Trinajstić information content (AvgIpc) is 2.30. The molecule has 0 radical (unpaired) electrons. The van der Waals surface area contributed by atoms with Crippen molar-refractivity contribution in [3.63, 3.8) is 0 Å². The highest BCUT2D eigenvalue weighted by molar-refractivity contribution is 5.76. The molecule has 0 saturated heterocycles. The van der Waals surface area contributed by atoms with Crippen molar-refractivity contribution in [3.05, 3.63) is 0 Å². The zero-order chi connectivity index (χ0) is 14.2. The molecule has 4 heteroatoms. The summed E-state index contributed by atoms with van der Waals surface area (Å²) in [6.07, 6.45) is 4.61. The summed E-state index contributed by atoms with van der Waals surface area (Å²) in [6.45, 7) is 5.76. The van der Waals surface area contributed by atoms with Crippen molar-refractivity contribution in [2.45, 2.75) is 65.7 Å². The Balaban J connectivity index is 4.97. The molecule has 0 aliphatic heterocycles. The molecule has 0 aromatic heterocycles. The molecule has 0 rings (SSSR count). The van der Waals surface area contributed by atoms with Crippen LogP contribution in [0.2, 0.25) is 0 Å². The molecule has 18 heavy (non-hydrogen) atoms. The van der Waals surface area contributed by atoms with E-state index in [1.165, 1.54) is 0 Å². The monoisotopic (exact) mass is 258 g/mol. The van der Waals surface area contributed by atoms with Crippen molar-refractivity contribution < 1.29 is 19.8 Å². The number of carbonyl (C=O) groups is 2. The lowest BCUT2D eigenvalue weighted by atomic mass is 9.68. The van der Waals surface area contributed by atoms with Crippen molar-refractivity contribution >= 4 is 11.9 Å². The molecule has 0 aliphatic carbocycles. The van der Waals surface area contributed by atoms with Crippen LogP contribution in [0.5, 0.6) is 0 Å². The number of hydrogen-bond acceptors (Lipinski definition) is 2. The molecule has 0 bridgehead atoms. The van der Waals surface area contributed by atoms with Crippen LogP contribution in [0.25, 0.3) is 0 Å². The normalized spacial score (nSPS) is 13.3. The maximum Gasteiger partial charge on any atom is 0.309 e. The van der Waals surface area contributed by atoms with E-state index in [1.807, 2.05) is 13.8 Å². The lowest BCUT2D eigenvalue weighted by molar-refractivity contribution is -0.155. The lowest BCUT2D eigenvalue weighted by Gasteiger charge is -2.35. The Kier molecular flexibility index (Phi) is 7.64. The Hall–Kier alpha value is -1.06. The molecule has 0 fully saturated rings. The fraction of sp³-hybridized carbons (Fsp3) is 0.857. The molecule has 1 atom stereocenters. The van der Waals surface area contributed by atoms with Crippen LogP contribution in [0, 0.1) is 11.3 Å². The van der Waals surface area contributed by atoms with Crippen LogP contribution in [0.15, 0.2) is 0 Å². The average molecular weight is 258 g/mol. The molecule has 0 saturated carbocycles. The van der Waals surface area contributed by atoms with Crippen molar-refractivity contribution in [1.82, 2.24) is 0 Å². The summed E-state index contributed by atoms with van der Waals surface area (Å²) in [5.74, 6) is -2.02. The van der Waals surface area contributed by atoms with Crippen LogP contribution in [0.3, 0.4) is 0 Å². The van der Waals surface area contributed by atoms with Gasteiger partial charge in [-0.1, -0.05) is 40.0 Å². The molecule has 106 valence electrons. The summed E-state index contributed by atoms with van der Waals surface area (Å²) in [6, 6.07) is 0. The third-order valence-corrected chi connectivity index (χ3v) is 4.05. The molecule has 0 aromatic rings. The highest BCUT2D eigenvalue weighted by atomic mass is 16.4. The van der Waals surface area contributed by atoms with Crippen molar-refractivity contribution in [2.24, 2.45) is 11.3 Å². The van der Waals surface area contributed by atoms with Crippen LogP contribution in [-0.2, 0) is 9.59 Å². The first-order chi connectivity index (χ1) is 8.44. The summed E-state index contributed by atoms with van der Waals surface area (Å²) >= 11 is 0. The molecule has 0 aliphatic rings. The number of hydrogen-bond donors (Lipinski definition) is 2. The second-order valence-corrected chi connectivity index (χ2v) is 4.96. The summed E-state index contributed by atoms with van der Waals surface area (Å²) < 4.78 is 0. The Morgan fingerprint density at radius 3 is 1.94 bits per heavy atom. The van der Waals surface area contributed by atoms with E-state index >= 15 is 0 Å². The SMILES string of the molecule is CCCCCC(CC(=O)O)C(CC)(CC)C(=O)O. The minimum atomic E-state index is -0.899. The van der Waals surface area contributed by atoms with Gasteiger partial charge < -0.3 is 10.2 Å². The maximum atomic E-state index is 11.5. The molecule has 0 amide bonds. The molecule has 2 N–H and O–H groups in total. The number of rotatable bonds is 10. The summed E-state index contributed by atoms with van der Waals surface area (Å²) in [5, 5.41) is 18.5. The first-order valence-electron chi connectivity index (χ1n) is 6.89. The predicted octanol–water partition coefficient (Wildman–Crippen LogP) is 3.55. The number of unbranched alkanes of at least 4 members (excludes halogenated alkanes) is 2. The highest BCUT2D eigenvalue weighted by Crippen LogP contribution is 2.40. The topological polar surface area (TPSA) is 74.6 Å². The van der Waals surface area contributed by atoms with Gasteiger partial charge in [0.25, 0.3) is 0 Å². The zero-order valence-corrected chi connectivity index (χ0v) is 11.7. The predicted molar refractivity (Wildman–Crippen MR) is 70.5 cm³/mol. The van der Waals surface area contributed by atoms with Gasteiger partial charge in [0, 0.05) is 6.42 Å². The Bertz CT molecular complexity index is 269. The van der Waals surface area contributed by atoms with Crippen LogP contribution in [0.1, 0.15) is 65.7 Å². The fourth-order valence-corrected chi connectivity index (χ4v) is 2.73. The molecular weight excluding hydrogens is 232 g/mol. The second kappa shape index (κ2) is 8.11. The highest BCUT2D eigenvalue weighted by Gasteiger charge is 2.43. The van der Waals surface area contributed by atoms with Gasteiger partial charge in [0.05, 0.1) is 5.41 Å². The van der Waals surface area contributed by atoms with Crippen molar-refractivity contribution in [3.8, 4) is 0 Å². The first kappa shape index (κ1) is 16.9. The standard InChI is InChI=1S/C14H26O4/c1-4-7-8-9-11(10-12(15)16)14(5-2,6-3)13(17)18/h11H,4-10H2,1-3H3,(H,15,16)(H,17,18). The van der Waals surface area contributed by atoms with E-state index in [9.17, 15) is 14.7 Å². The summed E-state index contributed by atoms with van der Waals surface area (Å²) in [5.41, 5.74) is -0.883. The quantitative estimate of drug-likeness (QED) is 0.588. The fourth-order valence-electron chi connectivity index (χ4n) is 2.73. The molecule has 4 nitrogen and oxygen atoms in total. The van der Waals surface area contributed by atoms with Gasteiger partial charge in [-0.05, 0) is 25.2 Å². The number of aliphatic carboxylic acids is 2. The van der Waals surface area contributed by atoms with Gasteiger partial charge in [-0.25, -0.2) is 0 Å². The van der Waals surface area contributed by atoms with E-state index < -0.39 is 17.4 Å². The van der Waals surface area contributed by atoms with Crippen LogP contribution in [0.4, 0.5) is 0 Å². The Labute approximate surface area is 109 Å². The van der Waals surface area contributed by atoms with E-state index in [0.29, 0.717) is 19.3 Å². The largest absolute Gasteiger partial charge is 0.481 e. The van der Waals surface area contributed by atoms with Gasteiger partial charge in [0.1, 0.15) is 0 Å². The second-order valence-electron chi connectivity index (χ2n) is 4.96. The molecular formula is C14H26O4. The molecule has 0 heterocycles. The maximum absolute atomic E-state index is 11.5. The Morgan fingerprint density at radius 1 is 1.06 bits per heavy atom. The van der Waals surface area contributed by atoms with Crippen LogP contribution in [-0.4, -0.2) is 22.2 Å². The smallest absolute Gasteiger partial charge is 0.309 e. The van der Waals surface area contributed by atoms with E-state index in [4.69, 9.17) is 5.11 Å².